The van der Waals surface area contributed by atoms with Gasteiger partial charge in [0.25, 0.3) is 5.91 Å². The van der Waals surface area contributed by atoms with Gasteiger partial charge >= 0.3 is 0 Å². The van der Waals surface area contributed by atoms with Crippen LogP contribution < -0.4 is 14.8 Å². The lowest BCUT2D eigenvalue weighted by molar-refractivity contribution is 0.102. The average molecular weight is 503 g/mol. The smallest absolute Gasteiger partial charge is 0.276 e. The van der Waals surface area contributed by atoms with Gasteiger partial charge in [-0.1, -0.05) is 33.6 Å². The van der Waals surface area contributed by atoms with Gasteiger partial charge in [-0.15, -0.1) is 0 Å². The van der Waals surface area contributed by atoms with Crippen LogP contribution in [-0.4, -0.2) is 25.5 Å². The lowest BCUT2D eigenvalue weighted by atomic mass is 10.3. The van der Waals surface area contributed by atoms with E-state index in [1.807, 2.05) is 24.3 Å². The molecule has 4 aromatic rings. The van der Waals surface area contributed by atoms with E-state index in [2.05, 4.69) is 31.4 Å². The standard InChI is InChI=1S/C21H17BrClN5O3/c22-15-4-6-18(7-5-15)30-13-27-9-8-20(26-27)21(29)25-17-11-24-28(12-17)14-31-19-3-1-2-16(23)10-19/h1-12H,13-14H2,(H,25,29). The zero-order valence-electron chi connectivity index (χ0n) is 16.1. The zero-order valence-corrected chi connectivity index (χ0v) is 18.5. The van der Waals surface area contributed by atoms with Gasteiger partial charge in [-0.05, 0) is 48.5 Å². The molecule has 0 unspecified atom stereocenters. The Balaban J connectivity index is 1.29. The predicted octanol–water partition coefficient (Wildman–Crippen LogP) is 4.82. The van der Waals surface area contributed by atoms with Crippen LogP contribution in [-0.2, 0) is 13.5 Å². The minimum atomic E-state index is -0.349. The topological polar surface area (TPSA) is 83.2 Å². The van der Waals surface area contributed by atoms with Crippen molar-refractivity contribution in [2.24, 2.45) is 0 Å². The highest BCUT2D eigenvalue weighted by atomic mass is 79.9. The fourth-order valence-electron chi connectivity index (χ4n) is 2.62. The van der Waals surface area contributed by atoms with Crippen LogP contribution >= 0.6 is 27.5 Å². The van der Waals surface area contributed by atoms with E-state index < -0.39 is 0 Å². The highest BCUT2D eigenvalue weighted by Gasteiger charge is 2.11. The van der Waals surface area contributed by atoms with Gasteiger partial charge in [0.2, 0.25) is 0 Å². The van der Waals surface area contributed by atoms with E-state index in [4.69, 9.17) is 21.1 Å². The number of halogens is 2. The van der Waals surface area contributed by atoms with Crippen molar-refractivity contribution in [2.75, 3.05) is 5.32 Å². The molecule has 0 atom stereocenters. The molecule has 0 bridgehead atoms. The first-order valence-corrected chi connectivity index (χ1v) is 10.4. The van der Waals surface area contributed by atoms with E-state index in [0.717, 1.165) is 4.47 Å². The number of hydrogen-bond donors (Lipinski definition) is 1. The Morgan fingerprint density at radius 2 is 1.81 bits per heavy atom. The molecular formula is C21H17BrClN5O3. The number of aromatic nitrogens is 4. The first-order chi connectivity index (χ1) is 15.0. The first-order valence-electron chi connectivity index (χ1n) is 9.19. The van der Waals surface area contributed by atoms with Gasteiger partial charge in [0.1, 0.15) is 11.5 Å². The van der Waals surface area contributed by atoms with E-state index in [1.165, 1.54) is 6.20 Å². The number of ether oxygens (including phenoxy) is 2. The molecule has 0 fully saturated rings. The van der Waals surface area contributed by atoms with Crippen LogP contribution in [0.5, 0.6) is 11.5 Å². The Morgan fingerprint density at radius 3 is 2.61 bits per heavy atom. The van der Waals surface area contributed by atoms with Crippen LogP contribution in [0.1, 0.15) is 10.5 Å². The summed E-state index contributed by atoms with van der Waals surface area (Å²) in [4.78, 5) is 12.4. The quantitative estimate of drug-likeness (QED) is 0.373. The Kier molecular flexibility index (Phi) is 6.54. The highest BCUT2D eigenvalue weighted by Crippen LogP contribution is 2.18. The number of carbonyl (C=O) groups excluding carboxylic acids is 1. The fourth-order valence-corrected chi connectivity index (χ4v) is 3.06. The van der Waals surface area contributed by atoms with Crippen molar-refractivity contribution in [3.05, 3.63) is 88.4 Å². The van der Waals surface area contributed by atoms with Crippen LogP contribution in [0.2, 0.25) is 5.02 Å². The molecule has 0 saturated carbocycles. The molecule has 1 N–H and O–H groups in total. The third-order valence-electron chi connectivity index (χ3n) is 4.10. The molecule has 31 heavy (non-hydrogen) atoms. The van der Waals surface area contributed by atoms with Crippen molar-refractivity contribution < 1.29 is 14.3 Å². The molecule has 2 aromatic carbocycles. The normalized spacial score (nSPS) is 10.6. The summed E-state index contributed by atoms with van der Waals surface area (Å²) in [5.41, 5.74) is 0.794. The van der Waals surface area contributed by atoms with Crippen molar-refractivity contribution in [3.8, 4) is 11.5 Å². The van der Waals surface area contributed by atoms with Crippen LogP contribution in [0.25, 0.3) is 0 Å². The summed E-state index contributed by atoms with van der Waals surface area (Å²) in [6.07, 6.45) is 4.87. The molecule has 0 aliphatic carbocycles. The number of anilines is 1. The largest absolute Gasteiger partial charge is 0.471 e. The van der Waals surface area contributed by atoms with Gasteiger partial charge in [-0.3, -0.25) is 4.79 Å². The molecule has 0 aliphatic rings. The monoisotopic (exact) mass is 501 g/mol. The maximum Gasteiger partial charge on any atom is 0.276 e. The maximum absolute atomic E-state index is 12.4. The Hall–Kier alpha value is -3.30. The zero-order chi connectivity index (χ0) is 21.6. The van der Waals surface area contributed by atoms with Gasteiger partial charge < -0.3 is 14.8 Å². The third-order valence-corrected chi connectivity index (χ3v) is 4.86. The Labute approximate surface area is 191 Å². The van der Waals surface area contributed by atoms with Gasteiger partial charge in [-0.25, -0.2) is 9.36 Å². The van der Waals surface area contributed by atoms with Gasteiger partial charge in [-0.2, -0.15) is 10.2 Å². The van der Waals surface area contributed by atoms with E-state index >= 15 is 0 Å². The van der Waals surface area contributed by atoms with Gasteiger partial charge in [0.05, 0.1) is 18.1 Å². The van der Waals surface area contributed by atoms with Crippen LogP contribution in [0, 0.1) is 0 Å². The van der Waals surface area contributed by atoms with E-state index in [-0.39, 0.29) is 25.1 Å². The molecule has 2 heterocycles. The van der Waals surface area contributed by atoms with Crippen molar-refractivity contribution >= 4 is 39.1 Å². The number of carbonyl (C=O) groups is 1. The highest BCUT2D eigenvalue weighted by molar-refractivity contribution is 9.10. The summed E-state index contributed by atoms with van der Waals surface area (Å²) in [5.74, 6) is 0.985. The Morgan fingerprint density at radius 1 is 1.03 bits per heavy atom. The Bertz CT molecular complexity index is 1180. The summed E-state index contributed by atoms with van der Waals surface area (Å²) in [5, 5.41) is 11.8. The first kappa shape index (κ1) is 21.0. The molecule has 0 aliphatic heterocycles. The minimum absolute atomic E-state index is 0.179. The van der Waals surface area contributed by atoms with Crippen molar-refractivity contribution in [1.29, 1.82) is 0 Å². The average Bonchev–Trinajstić information content (AvgIpc) is 3.41. The number of nitrogens with zero attached hydrogens (tertiary/aromatic N) is 4. The number of benzene rings is 2. The molecule has 1 amide bonds. The molecule has 0 spiro atoms. The second kappa shape index (κ2) is 9.67. The lowest BCUT2D eigenvalue weighted by Gasteiger charge is -2.06. The molecular weight excluding hydrogens is 486 g/mol. The summed E-state index contributed by atoms with van der Waals surface area (Å²) >= 11 is 9.31. The van der Waals surface area contributed by atoms with E-state index in [0.29, 0.717) is 22.2 Å². The fraction of sp³-hybridized carbons (Fsp3) is 0.0952. The molecule has 4 rings (SSSR count). The van der Waals surface area contributed by atoms with E-state index in [9.17, 15) is 4.79 Å². The molecule has 8 nitrogen and oxygen atoms in total. The number of hydrogen-bond acceptors (Lipinski definition) is 5. The summed E-state index contributed by atoms with van der Waals surface area (Å²) in [6, 6.07) is 16.2. The number of rotatable bonds is 8. The predicted molar refractivity (Wildman–Crippen MR) is 119 cm³/mol. The molecule has 0 radical (unpaired) electrons. The number of nitrogens with one attached hydrogen (secondary N) is 1. The van der Waals surface area contributed by atoms with Crippen molar-refractivity contribution in [2.45, 2.75) is 13.5 Å². The summed E-state index contributed by atoms with van der Waals surface area (Å²) in [6.45, 7) is 0.367. The maximum atomic E-state index is 12.4. The lowest BCUT2D eigenvalue weighted by Crippen LogP contribution is -2.14. The van der Waals surface area contributed by atoms with Crippen LogP contribution in [0.3, 0.4) is 0 Å². The molecule has 0 saturated heterocycles. The SMILES string of the molecule is O=C(Nc1cnn(COc2cccc(Cl)c2)c1)c1ccn(COc2ccc(Br)cc2)n1. The summed E-state index contributed by atoms with van der Waals surface area (Å²) < 4.78 is 15.3. The third kappa shape index (κ3) is 5.87. The minimum Gasteiger partial charge on any atom is -0.471 e. The second-order valence-corrected chi connectivity index (χ2v) is 7.77. The van der Waals surface area contributed by atoms with Gasteiger partial charge in [0, 0.05) is 15.7 Å². The van der Waals surface area contributed by atoms with E-state index in [1.54, 1.807) is 52.1 Å². The van der Waals surface area contributed by atoms with Crippen molar-refractivity contribution in [1.82, 2.24) is 19.6 Å². The van der Waals surface area contributed by atoms with Crippen LogP contribution in [0.4, 0.5) is 5.69 Å². The molecule has 2 aromatic heterocycles. The second-order valence-electron chi connectivity index (χ2n) is 6.42. The van der Waals surface area contributed by atoms with Crippen molar-refractivity contribution in [3.63, 3.8) is 0 Å². The van der Waals surface area contributed by atoms with Gasteiger partial charge in [0.15, 0.2) is 19.2 Å². The molecule has 158 valence electrons. The van der Waals surface area contributed by atoms with Crippen LogP contribution in [0.15, 0.2) is 77.7 Å². The molecule has 10 heteroatoms. The number of amides is 1. The summed E-state index contributed by atoms with van der Waals surface area (Å²) in [7, 11) is 0.